The van der Waals surface area contributed by atoms with Gasteiger partial charge in [-0.15, -0.1) is 0 Å². The number of carbonyl (C=O) groups is 2. The van der Waals surface area contributed by atoms with E-state index in [1.807, 2.05) is 4.90 Å². The zero-order chi connectivity index (χ0) is 13.5. The summed E-state index contributed by atoms with van der Waals surface area (Å²) in [7, 11) is 0. The lowest BCUT2D eigenvalue weighted by Gasteiger charge is -2.35. The minimum absolute atomic E-state index is 0.0522. The molecule has 0 aromatic rings. The molecule has 2 aliphatic carbocycles. The fourth-order valence-corrected chi connectivity index (χ4v) is 3.68. The summed E-state index contributed by atoms with van der Waals surface area (Å²) >= 11 is 0. The Hall–Kier alpha value is -1.06. The summed E-state index contributed by atoms with van der Waals surface area (Å²) in [6, 6.07) is 0.283. The zero-order valence-corrected chi connectivity index (χ0v) is 11.8. The van der Waals surface area contributed by atoms with Gasteiger partial charge in [0.1, 0.15) is 5.54 Å². The smallest absolute Gasteiger partial charge is 0.248 e. The molecular formula is C15H24N2O2. The van der Waals surface area contributed by atoms with Gasteiger partial charge < -0.3 is 10.2 Å². The average Bonchev–Trinajstić information content (AvgIpc) is 3.06. The first kappa shape index (κ1) is 12.9. The highest BCUT2D eigenvalue weighted by Crippen LogP contribution is 2.37. The van der Waals surface area contributed by atoms with Gasteiger partial charge in [-0.25, -0.2) is 0 Å². The van der Waals surface area contributed by atoms with Crippen molar-refractivity contribution in [3.8, 4) is 0 Å². The van der Waals surface area contributed by atoms with Crippen molar-refractivity contribution in [2.75, 3.05) is 6.54 Å². The summed E-state index contributed by atoms with van der Waals surface area (Å²) in [5.74, 6) is 1.05. The average molecular weight is 264 g/mol. The van der Waals surface area contributed by atoms with Crippen molar-refractivity contribution in [2.45, 2.75) is 69.9 Å². The standard InChI is InChI=1S/C15H24N2O2/c1-11(10-12-4-5-12)17-9-6-13(18)16-15(14(17)19)7-2-3-8-15/h11-12H,2-10H2,1H3,(H,16,18). The predicted octanol–water partition coefficient (Wildman–Crippen LogP) is 1.84. The highest BCUT2D eigenvalue weighted by molar-refractivity contribution is 5.94. The van der Waals surface area contributed by atoms with E-state index in [1.54, 1.807) is 0 Å². The van der Waals surface area contributed by atoms with Crippen molar-refractivity contribution >= 4 is 11.8 Å². The topological polar surface area (TPSA) is 49.4 Å². The Morgan fingerprint density at radius 1 is 1.32 bits per heavy atom. The molecule has 3 fully saturated rings. The summed E-state index contributed by atoms with van der Waals surface area (Å²) in [5.41, 5.74) is -0.564. The molecule has 0 radical (unpaired) electrons. The maximum atomic E-state index is 12.9. The zero-order valence-electron chi connectivity index (χ0n) is 11.8. The van der Waals surface area contributed by atoms with Gasteiger partial charge in [0.2, 0.25) is 11.8 Å². The maximum Gasteiger partial charge on any atom is 0.248 e. The maximum absolute atomic E-state index is 12.9. The predicted molar refractivity (Wildman–Crippen MR) is 72.5 cm³/mol. The molecule has 4 nitrogen and oxygen atoms in total. The van der Waals surface area contributed by atoms with E-state index in [1.165, 1.54) is 12.8 Å². The third-order valence-corrected chi connectivity index (χ3v) is 4.99. The number of hydrogen-bond acceptors (Lipinski definition) is 2. The third kappa shape index (κ3) is 2.49. The second-order valence-corrected chi connectivity index (χ2v) is 6.61. The molecule has 106 valence electrons. The Balaban J connectivity index is 1.78. The second kappa shape index (κ2) is 4.80. The molecule has 3 aliphatic rings. The fraction of sp³-hybridized carbons (Fsp3) is 0.867. The minimum atomic E-state index is -0.564. The van der Waals surface area contributed by atoms with Crippen LogP contribution in [0.5, 0.6) is 0 Å². The summed E-state index contributed by atoms with van der Waals surface area (Å²) < 4.78 is 0. The molecule has 1 spiro atoms. The minimum Gasteiger partial charge on any atom is -0.342 e. The van der Waals surface area contributed by atoms with Gasteiger partial charge in [-0.3, -0.25) is 9.59 Å². The first-order chi connectivity index (χ1) is 9.11. The molecule has 0 bridgehead atoms. The van der Waals surface area contributed by atoms with Crippen LogP contribution in [-0.4, -0.2) is 34.8 Å². The Morgan fingerprint density at radius 3 is 2.63 bits per heavy atom. The van der Waals surface area contributed by atoms with Crippen molar-refractivity contribution in [1.29, 1.82) is 0 Å². The van der Waals surface area contributed by atoms with E-state index in [0.717, 1.165) is 38.0 Å². The second-order valence-electron chi connectivity index (χ2n) is 6.61. The molecule has 2 saturated carbocycles. The first-order valence-electron chi connectivity index (χ1n) is 7.73. The molecule has 1 aliphatic heterocycles. The number of rotatable bonds is 3. The number of carbonyl (C=O) groups excluding carboxylic acids is 2. The van der Waals surface area contributed by atoms with E-state index in [9.17, 15) is 9.59 Å². The van der Waals surface area contributed by atoms with E-state index in [4.69, 9.17) is 0 Å². The highest BCUT2D eigenvalue weighted by Gasteiger charge is 2.47. The Labute approximate surface area is 114 Å². The largest absolute Gasteiger partial charge is 0.342 e. The van der Waals surface area contributed by atoms with E-state index >= 15 is 0 Å². The lowest BCUT2D eigenvalue weighted by molar-refractivity contribution is -0.140. The summed E-state index contributed by atoms with van der Waals surface area (Å²) in [6.45, 7) is 2.75. The number of hydrogen-bond donors (Lipinski definition) is 1. The van der Waals surface area contributed by atoms with Gasteiger partial charge in [0, 0.05) is 19.0 Å². The number of amides is 2. The molecule has 0 aromatic carbocycles. The van der Waals surface area contributed by atoms with Crippen molar-refractivity contribution in [3.05, 3.63) is 0 Å². The molecule has 1 unspecified atom stereocenters. The molecule has 2 amide bonds. The fourth-order valence-electron chi connectivity index (χ4n) is 3.68. The van der Waals surface area contributed by atoms with Crippen LogP contribution in [-0.2, 0) is 9.59 Å². The molecule has 1 heterocycles. The van der Waals surface area contributed by atoms with Crippen LogP contribution < -0.4 is 5.32 Å². The molecule has 1 atom stereocenters. The number of nitrogens with one attached hydrogen (secondary N) is 1. The van der Waals surface area contributed by atoms with E-state index in [2.05, 4.69) is 12.2 Å². The quantitative estimate of drug-likeness (QED) is 0.845. The van der Waals surface area contributed by atoms with E-state index in [0.29, 0.717) is 13.0 Å². The SMILES string of the molecule is CC(CC1CC1)N1CCC(=O)NC2(CCCC2)C1=O. The molecule has 1 saturated heterocycles. The van der Waals surface area contributed by atoms with Gasteiger partial charge in [-0.1, -0.05) is 25.7 Å². The van der Waals surface area contributed by atoms with Gasteiger partial charge in [-0.2, -0.15) is 0 Å². The van der Waals surface area contributed by atoms with Gasteiger partial charge in [0.05, 0.1) is 0 Å². The molecule has 0 aromatic heterocycles. The van der Waals surface area contributed by atoms with Crippen molar-refractivity contribution in [3.63, 3.8) is 0 Å². The normalized spacial score (nSPS) is 28.4. The van der Waals surface area contributed by atoms with Crippen LogP contribution in [0.4, 0.5) is 0 Å². The van der Waals surface area contributed by atoms with Crippen LogP contribution in [0.3, 0.4) is 0 Å². The van der Waals surface area contributed by atoms with Crippen LogP contribution in [0, 0.1) is 5.92 Å². The van der Waals surface area contributed by atoms with Gasteiger partial charge in [-0.05, 0) is 32.1 Å². The van der Waals surface area contributed by atoms with Gasteiger partial charge >= 0.3 is 0 Å². The Bertz CT molecular complexity index is 384. The van der Waals surface area contributed by atoms with E-state index in [-0.39, 0.29) is 17.9 Å². The van der Waals surface area contributed by atoms with Crippen LogP contribution in [0.25, 0.3) is 0 Å². The molecule has 1 N–H and O–H groups in total. The van der Waals surface area contributed by atoms with Crippen molar-refractivity contribution in [1.82, 2.24) is 10.2 Å². The van der Waals surface area contributed by atoms with Crippen molar-refractivity contribution < 1.29 is 9.59 Å². The third-order valence-electron chi connectivity index (χ3n) is 4.99. The molecule has 3 rings (SSSR count). The highest BCUT2D eigenvalue weighted by atomic mass is 16.2. The first-order valence-corrected chi connectivity index (χ1v) is 7.73. The lowest BCUT2D eigenvalue weighted by Crippen LogP contribution is -2.56. The summed E-state index contributed by atoms with van der Waals surface area (Å²) in [6.07, 6.45) is 7.95. The van der Waals surface area contributed by atoms with Crippen LogP contribution in [0.15, 0.2) is 0 Å². The van der Waals surface area contributed by atoms with Crippen LogP contribution in [0.1, 0.15) is 58.3 Å². The Kier molecular flexibility index (Phi) is 3.27. The Morgan fingerprint density at radius 2 is 2.00 bits per heavy atom. The number of nitrogens with zero attached hydrogens (tertiary/aromatic N) is 1. The summed E-state index contributed by atoms with van der Waals surface area (Å²) in [5, 5.41) is 3.03. The van der Waals surface area contributed by atoms with Gasteiger partial charge in [0.15, 0.2) is 0 Å². The molecule has 4 heteroatoms. The van der Waals surface area contributed by atoms with Crippen molar-refractivity contribution in [2.24, 2.45) is 5.92 Å². The molecule has 19 heavy (non-hydrogen) atoms. The monoisotopic (exact) mass is 264 g/mol. The van der Waals surface area contributed by atoms with Crippen LogP contribution >= 0.6 is 0 Å². The summed E-state index contributed by atoms with van der Waals surface area (Å²) in [4.78, 5) is 26.8. The van der Waals surface area contributed by atoms with Crippen LogP contribution in [0.2, 0.25) is 0 Å². The molecular weight excluding hydrogens is 240 g/mol. The lowest BCUT2D eigenvalue weighted by atomic mass is 9.94. The van der Waals surface area contributed by atoms with Gasteiger partial charge in [0.25, 0.3) is 0 Å². The van der Waals surface area contributed by atoms with E-state index < -0.39 is 5.54 Å².